The van der Waals surface area contributed by atoms with E-state index in [1.807, 2.05) is 12.3 Å². The molecule has 2 unspecified atom stereocenters. The van der Waals surface area contributed by atoms with Crippen LogP contribution in [0.25, 0.3) is 5.70 Å². The van der Waals surface area contributed by atoms with Crippen molar-refractivity contribution in [3.63, 3.8) is 0 Å². The second-order valence-corrected chi connectivity index (χ2v) is 9.36. The van der Waals surface area contributed by atoms with Crippen LogP contribution in [0.1, 0.15) is 35.8 Å². The number of nitriles is 1. The van der Waals surface area contributed by atoms with Crippen LogP contribution in [0.5, 0.6) is 0 Å². The third-order valence-electron chi connectivity index (χ3n) is 4.48. The van der Waals surface area contributed by atoms with Gasteiger partial charge in [-0.1, -0.05) is 11.6 Å². The molecule has 2 aliphatic heterocycles. The molecule has 2 atom stereocenters. The molecule has 0 aliphatic carbocycles. The summed E-state index contributed by atoms with van der Waals surface area (Å²) >= 11 is 9.80. The Hall–Kier alpha value is -1.50. The minimum Gasteiger partial charge on any atom is -0.353 e. The Kier molecular flexibility index (Phi) is 6.60. The number of halogens is 1. The lowest BCUT2D eigenvalue weighted by molar-refractivity contribution is -0.168. The van der Waals surface area contributed by atoms with E-state index in [1.165, 1.54) is 0 Å². The zero-order chi connectivity index (χ0) is 19.3. The quantitative estimate of drug-likeness (QED) is 0.623. The molecule has 2 saturated heterocycles. The summed E-state index contributed by atoms with van der Waals surface area (Å²) in [7, 11) is 0. The number of aromatic nitrogens is 3. The largest absolute Gasteiger partial charge is 0.353 e. The maximum absolute atomic E-state index is 9.52. The van der Waals surface area contributed by atoms with E-state index in [-0.39, 0.29) is 11.5 Å². The topological polar surface area (TPSA) is 73.0 Å². The highest BCUT2D eigenvalue weighted by Gasteiger charge is 2.29. The Bertz CT molecular complexity index is 892. The van der Waals surface area contributed by atoms with Crippen LogP contribution >= 0.6 is 35.1 Å². The highest BCUT2D eigenvalue weighted by Crippen LogP contribution is 2.52. The highest BCUT2D eigenvalue weighted by atomic mass is 35.5. The minimum absolute atomic E-state index is 0.107. The molecule has 4 rings (SSSR count). The minimum atomic E-state index is -0.130. The normalized spacial score (nSPS) is 24.1. The molecule has 2 fully saturated rings. The maximum atomic E-state index is 9.52. The van der Waals surface area contributed by atoms with Gasteiger partial charge in [0.05, 0.1) is 33.1 Å². The van der Waals surface area contributed by atoms with Gasteiger partial charge in [0.2, 0.25) is 0 Å². The van der Waals surface area contributed by atoms with Gasteiger partial charge in [-0.25, -0.2) is 4.98 Å². The first kappa shape index (κ1) is 19.8. The lowest BCUT2D eigenvalue weighted by atomic mass is 10.2. The molecule has 4 heterocycles. The molecule has 6 nitrogen and oxygen atoms in total. The predicted molar refractivity (Wildman–Crippen MR) is 111 cm³/mol. The van der Waals surface area contributed by atoms with Gasteiger partial charge in [0.1, 0.15) is 11.8 Å². The van der Waals surface area contributed by atoms with Gasteiger partial charge >= 0.3 is 0 Å². The molecule has 0 aromatic carbocycles. The van der Waals surface area contributed by atoms with Gasteiger partial charge in [-0.05, 0) is 30.9 Å². The second-order valence-electron chi connectivity index (χ2n) is 6.45. The van der Waals surface area contributed by atoms with Crippen molar-refractivity contribution in [2.24, 2.45) is 0 Å². The van der Waals surface area contributed by atoms with Crippen LogP contribution in [0.15, 0.2) is 35.2 Å². The standard InChI is InChI=1S/C19H19ClN4O2S2/c20-14-7-13(10-26-17-3-1-2-6-25-17)9-23-18(14)16-11-27-19(28-16)15(8-21)24-5-4-22-12-24/h4-5,7,9,12,16-17H,1-3,6,10-11H2/b19-15+. The van der Waals surface area contributed by atoms with Gasteiger partial charge in [-0.15, -0.1) is 23.5 Å². The summed E-state index contributed by atoms with van der Waals surface area (Å²) in [5.41, 5.74) is 2.36. The van der Waals surface area contributed by atoms with Crippen LogP contribution in [0.3, 0.4) is 0 Å². The molecule has 0 radical (unpaired) electrons. The molecule has 28 heavy (non-hydrogen) atoms. The highest BCUT2D eigenvalue weighted by molar-refractivity contribution is 8.25. The Morgan fingerprint density at radius 3 is 3.11 bits per heavy atom. The van der Waals surface area contributed by atoms with Gasteiger partial charge in [0, 0.05) is 31.0 Å². The van der Waals surface area contributed by atoms with Gasteiger partial charge in [0.15, 0.2) is 6.29 Å². The van der Waals surface area contributed by atoms with Gasteiger partial charge in [0.25, 0.3) is 0 Å². The molecule has 2 aromatic rings. The molecule has 0 spiro atoms. The van der Waals surface area contributed by atoms with Crippen molar-refractivity contribution >= 4 is 40.8 Å². The van der Waals surface area contributed by atoms with E-state index in [1.54, 1.807) is 46.8 Å². The predicted octanol–water partition coefficient (Wildman–Crippen LogP) is 4.85. The fourth-order valence-corrected chi connectivity index (χ4v) is 6.30. The van der Waals surface area contributed by atoms with Crippen molar-refractivity contribution in [1.82, 2.24) is 14.5 Å². The summed E-state index contributed by atoms with van der Waals surface area (Å²) in [5.74, 6) is 0.818. The first-order valence-electron chi connectivity index (χ1n) is 9.04. The Morgan fingerprint density at radius 2 is 2.39 bits per heavy atom. The average molecular weight is 435 g/mol. The summed E-state index contributed by atoms with van der Waals surface area (Å²) in [6.45, 7) is 1.20. The summed E-state index contributed by atoms with van der Waals surface area (Å²) in [5, 5.41) is 10.3. The van der Waals surface area contributed by atoms with E-state index in [4.69, 9.17) is 21.1 Å². The van der Waals surface area contributed by atoms with E-state index in [2.05, 4.69) is 16.0 Å². The van der Waals surface area contributed by atoms with Crippen LogP contribution in [-0.2, 0) is 16.1 Å². The van der Waals surface area contributed by atoms with Crippen molar-refractivity contribution in [3.8, 4) is 6.07 Å². The van der Waals surface area contributed by atoms with Crippen molar-refractivity contribution < 1.29 is 9.47 Å². The molecule has 0 amide bonds. The lowest BCUT2D eigenvalue weighted by Crippen LogP contribution is -2.22. The number of hydrogen-bond acceptors (Lipinski definition) is 7. The molecular weight excluding hydrogens is 416 g/mol. The number of ether oxygens (including phenoxy) is 2. The van der Waals surface area contributed by atoms with Gasteiger partial charge in [-0.3, -0.25) is 9.55 Å². The van der Waals surface area contributed by atoms with Crippen molar-refractivity contribution in [1.29, 1.82) is 5.26 Å². The number of pyridine rings is 1. The molecule has 2 aromatic heterocycles. The third kappa shape index (κ3) is 4.56. The molecule has 0 bridgehead atoms. The average Bonchev–Trinajstić information content (AvgIpc) is 3.41. The monoisotopic (exact) mass is 434 g/mol. The van der Waals surface area contributed by atoms with Crippen LogP contribution in [0, 0.1) is 11.3 Å². The number of imidazole rings is 1. The fraction of sp³-hybridized carbons (Fsp3) is 0.421. The molecular formula is C19H19ClN4O2S2. The SMILES string of the molecule is N#C/C(=C1/SCC(c2ncc(COC3CCCCO3)cc2Cl)S1)n1ccnc1. The van der Waals surface area contributed by atoms with E-state index in [0.717, 1.165) is 47.1 Å². The summed E-state index contributed by atoms with van der Waals surface area (Å²) < 4.78 is 14.1. The van der Waals surface area contributed by atoms with Crippen LogP contribution in [0.2, 0.25) is 5.02 Å². The number of hydrogen-bond donors (Lipinski definition) is 0. The number of allylic oxidation sites excluding steroid dienone is 1. The first-order valence-corrected chi connectivity index (χ1v) is 11.3. The molecule has 9 heteroatoms. The van der Waals surface area contributed by atoms with Crippen LogP contribution in [0.4, 0.5) is 0 Å². The van der Waals surface area contributed by atoms with E-state index < -0.39 is 0 Å². The van der Waals surface area contributed by atoms with E-state index in [9.17, 15) is 5.26 Å². The van der Waals surface area contributed by atoms with Crippen molar-refractivity contribution in [2.45, 2.75) is 37.4 Å². The van der Waals surface area contributed by atoms with E-state index >= 15 is 0 Å². The van der Waals surface area contributed by atoms with E-state index in [0.29, 0.717) is 17.3 Å². The van der Waals surface area contributed by atoms with Gasteiger partial charge in [-0.2, -0.15) is 5.26 Å². The summed E-state index contributed by atoms with van der Waals surface area (Å²) in [6, 6.07) is 4.19. The Labute approximate surface area is 177 Å². The molecule has 146 valence electrons. The number of thioether (sulfide) groups is 2. The Morgan fingerprint density at radius 1 is 1.46 bits per heavy atom. The second kappa shape index (κ2) is 9.33. The van der Waals surface area contributed by atoms with Crippen LogP contribution < -0.4 is 0 Å². The van der Waals surface area contributed by atoms with Crippen molar-refractivity contribution in [2.75, 3.05) is 12.4 Å². The summed E-state index contributed by atoms with van der Waals surface area (Å²) in [6.07, 6.45) is 9.93. The van der Waals surface area contributed by atoms with Crippen molar-refractivity contribution in [3.05, 3.63) is 51.5 Å². The first-order chi connectivity index (χ1) is 13.7. The summed E-state index contributed by atoms with van der Waals surface area (Å²) in [4.78, 5) is 8.61. The van der Waals surface area contributed by atoms with Crippen LogP contribution in [-0.4, -0.2) is 33.2 Å². The third-order valence-corrected chi connectivity index (χ3v) is 7.68. The smallest absolute Gasteiger partial charge is 0.158 e. The number of rotatable bonds is 5. The maximum Gasteiger partial charge on any atom is 0.158 e. The zero-order valence-corrected chi connectivity index (χ0v) is 17.5. The molecule has 2 aliphatic rings. The lowest BCUT2D eigenvalue weighted by Gasteiger charge is -2.22. The fourth-order valence-electron chi connectivity index (χ4n) is 3.04. The molecule has 0 saturated carbocycles. The Balaban J connectivity index is 1.43. The number of nitrogens with zero attached hydrogens (tertiary/aromatic N) is 4. The zero-order valence-electron chi connectivity index (χ0n) is 15.1. The molecule has 0 N–H and O–H groups in total. The van der Waals surface area contributed by atoms with Gasteiger partial charge < -0.3 is 9.47 Å².